The van der Waals surface area contributed by atoms with Crippen molar-refractivity contribution < 1.29 is 14.7 Å². The summed E-state index contributed by atoms with van der Waals surface area (Å²) in [4.78, 5) is 21.5. The summed E-state index contributed by atoms with van der Waals surface area (Å²) in [5.74, 6) is -1.28. The van der Waals surface area contributed by atoms with Gasteiger partial charge in [-0.15, -0.1) is 0 Å². The summed E-state index contributed by atoms with van der Waals surface area (Å²) in [6.45, 7) is 2.41. The number of rotatable bonds is 6. The zero-order chi connectivity index (χ0) is 13.7. The van der Waals surface area contributed by atoms with Gasteiger partial charge in [-0.1, -0.05) is 6.92 Å². The third-order valence-electron chi connectivity index (χ3n) is 2.41. The van der Waals surface area contributed by atoms with Gasteiger partial charge >= 0.3 is 5.97 Å². The van der Waals surface area contributed by atoms with Gasteiger partial charge in [0.25, 0.3) is 0 Å². The first-order valence-electron chi connectivity index (χ1n) is 5.45. The topological polar surface area (TPSA) is 92.4 Å². The van der Waals surface area contributed by atoms with Crippen LogP contribution in [-0.4, -0.2) is 23.5 Å². The Kier molecular flexibility index (Phi) is 5.15. The van der Waals surface area contributed by atoms with Gasteiger partial charge in [0.15, 0.2) is 0 Å². The first-order valence-corrected chi connectivity index (χ1v) is 6.24. The Morgan fingerprint density at radius 2 is 2.17 bits per heavy atom. The molecule has 0 aliphatic heterocycles. The number of hydrogen-bond acceptors (Lipinski definition) is 3. The molecule has 0 saturated heterocycles. The number of primary amides is 1. The highest BCUT2D eigenvalue weighted by atomic mass is 79.9. The first kappa shape index (κ1) is 14.5. The number of anilines is 1. The number of carbonyl (C=O) groups excluding carboxylic acids is 1. The fraction of sp³-hybridized carbons (Fsp3) is 0.333. The zero-order valence-electron chi connectivity index (χ0n) is 9.94. The van der Waals surface area contributed by atoms with Gasteiger partial charge in [0.2, 0.25) is 5.91 Å². The minimum absolute atomic E-state index is 0.0251. The first-order chi connectivity index (χ1) is 8.40. The summed E-state index contributed by atoms with van der Waals surface area (Å²) in [6, 6.07) is 5.10. The van der Waals surface area contributed by atoms with E-state index in [0.29, 0.717) is 16.6 Å². The minimum atomic E-state index is -0.811. The number of aliphatic carboxylic acids is 1. The molecule has 0 fully saturated rings. The molecule has 1 unspecified atom stereocenters. The molecule has 0 aromatic heterocycles. The quantitative estimate of drug-likeness (QED) is 0.749. The molecule has 1 aromatic rings. The number of halogens is 1. The van der Waals surface area contributed by atoms with Gasteiger partial charge in [0.1, 0.15) is 0 Å². The average Bonchev–Trinajstić information content (AvgIpc) is 2.25. The van der Waals surface area contributed by atoms with Crippen molar-refractivity contribution in [3.8, 4) is 0 Å². The van der Waals surface area contributed by atoms with E-state index in [-0.39, 0.29) is 12.3 Å². The molecule has 0 aliphatic rings. The maximum absolute atomic E-state index is 11.0. The highest BCUT2D eigenvalue weighted by molar-refractivity contribution is 9.10. The molecule has 0 bridgehead atoms. The second kappa shape index (κ2) is 6.39. The largest absolute Gasteiger partial charge is 0.481 e. The lowest BCUT2D eigenvalue weighted by Gasteiger charge is -2.12. The third-order valence-corrected chi connectivity index (χ3v) is 3.07. The Hall–Kier alpha value is -1.56. The number of carboxylic acids is 1. The summed E-state index contributed by atoms with van der Waals surface area (Å²) < 4.78 is 0.617. The molecular weight excluding hydrogens is 300 g/mol. The number of nitrogens with two attached hydrogens (primary N) is 1. The van der Waals surface area contributed by atoms with Crippen LogP contribution in [0.2, 0.25) is 0 Å². The van der Waals surface area contributed by atoms with Crippen molar-refractivity contribution >= 4 is 33.5 Å². The van der Waals surface area contributed by atoms with Crippen LogP contribution in [0.5, 0.6) is 0 Å². The molecule has 0 aliphatic carbocycles. The average molecular weight is 315 g/mol. The van der Waals surface area contributed by atoms with Crippen LogP contribution in [0.25, 0.3) is 0 Å². The summed E-state index contributed by atoms with van der Waals surface area (Å²) in [5.41, 5.74) is 6.41. The highest BCUT2D eigenvalue weighted by Gasteiger charge is 2.09. The van der Waals surface area contributed by atoms with E-state index in [1.165, 1.54) is 0 Å². The maximum Gasteiger partial charge on any atom is 0.303 e. The van der Waals surface area contributed by atoms with E-state index in [0.717, 1.165) is 5.69 Å². The Bertz CT molecular complexity index is 463. The molecule has 1 aromatic carbocycles. The van der Waals surface area contributed by atoms with Crippen LogP contribution in [0.3, 0.4) is 0 Å². The zero-order valence-corrected chi connectivity index (χ0v) is 11.5. The van der Waals surface area contributed by atoms with Crippen molar-refractivity contribution in [2.24, 2.45) is 11.7 Å². The van der Waals surface area contributed by atoms with E-state index < -0.39 is 11.9 Å². The van der Waals surface area contributed by atoms with Crippen LogP contribution < -0.4 is 11.1 Å². The van der Waals surface area contributed by atoms with Gasteiger partial charge in [-0.05, 0) is 40.0 Å². The summed E-state index contributed by atoms with van der Waals surface area (Å²) in [5, 5.41) is 11.7. The second-order valence-electron chi connectivity index (χ2n) is 4.14. The van der Waals surface area contributed by atoms with Crippen molar-refractivity contribution in [2.75, 3.05) is 11.9 Å². The SMILES string of the molecule is CC(CNc1ccc(C(N)=O)c(Br)c1)CC(=O)O. The molecule has 1 atom stereocenters. The van der Waals surface area contributed by atoms with Crippen LogP contribution in [0.15, 0.2) is 22.7 Å². The Morgan fingerprint density at radius 3 is 2.67 bits per heavy atom. The Labute approximate surface area is 113 Å². The molecule has 0 spiro atoms. The molecule has 4 N–H and O–H groups in total. The van der Waals surface area contributed by atoms with Crippen molar-refractivity contribution in [2.45, 2.75) is 13.3 Å². The molecular formula is C12H15BrN2O3. The number of carbonyl (C=O) groups is 2. The van der Waals surface area contributed by atoms with Crippen LogP contribution in [0.1, 0.15) is 23.7 Å². The molecule has 0 saturated carbocycles. The van der Waals surface area contributed by atoms with Crippen LogP contribution in [0, 0.1) is 5.92 Å². The molecule has 5 nitrogen and oxygen atoms in total. The molecule has 1 rings (SSSR count). The second-order valence-corrected chi connectivity index (χ2v) is 5.00. The van der Waals surface area contributed by atoms with Crippen molar-refractivity contribution in [1.29, 1.82) is 0 Å². The lowest BCUT2D eigenvalue weighted by Crippen LogP contribution is -2.15. The maximum atomic E-state index is 11.0. The van der Waals surface area contributed by atoms with Crippen molar-refractivity contribution in [1.82, 2.24) is 0 Å². The van der Waals surface area contributed by atoms with E-state index in [2.05, 4.69) is 21.2 Å². The normalized spacial score (nSPS) is 11.9. The number of nitrogens with one attached hydrogen (secondary N) is 1. The lowest BCUT2D eigenvalue weighted by atomic mass is 10.1. The highest BCUT2D eigenvalue weighted by Crippen LogP contribution is 2.21. The Balaban J connectivity index is 2.61. The number of amides is 1. The number of carboxylic acid groups (broad SMARTS) is 1. The summed E-state index contributed by atoms with van der Waals surface area (Å²) >= 11 is 3.26. The van der Waals surface area contributed by atoms with Gasteiger partial charge in [0.05, 0.1) is 5.56 Å². The van der Waals surface area contributed by atoms with E-state index in [4.69, 9.17) is 10.8 Å². The molecule has 0 heterocycles. The molecule has 18 heavy (non-hydrogen) atoms. The number of hydrogen-bond donors (Lipinski definition) is 3. The van der Waals surface area contributed by atoms with Crippen LogP contribution in [0.4, 0.5) is 5.69 Å². The summed E-state index contributed by atoms with van der Waals surface area (Å²) in [6.07, 6.45) is 0.119. The van der Waals surface area contributed by atoms with E-state index in [1.54, 1.807) is 18.2 Å². The molecule has 0 radical (unpaired) electrons. The van der Waals surface area contributed by atoms with Crippen molar-refractivity contribution in [3.05, 3.63) is 28.2 Å². The van der Waals surface area contributed by atoms with Gasteiger partial charge in [-0.2, -0.15) is 0 Å². The fourth-order valence-electron chi connectivity index (χ4n) is 1.49. The predicted molar refractivity (Wildman–Crippen MR) is 72.6 cm³/mol. The van der Waals surface area contributed by atoms with Crippen LogP contribution in [-0.2, 0) is 4.79 Å². The van der Waals surface area contributed by atoms with Gasteiger partial charge in [0, 0.05) is 23.1 Å². The lowest BCUT2D eigenvalue weighted by molar-refractivity contribution is -0.137. The standard InChI is InChI=1S/C12H15BrN2O3/c1-7(4-11(16)17)6-15-8-2-3-9(12(14)18)10(13)5-8/h2-3,5,7,15H,4,6H2,1H3,(H2,14,18)(H,16,17). The predicted octanol–water partition coefficient (Wildman–Crippen LogP) is 2.07. The molecule has 98 valence electrons. The van der Waals surface area contributed by atoms with Gasteiger partial charge in [-0.3, -0.25) is 9.59 Å². The van der Waals surface area contributed by atoms with Gasteiger partial charge in [-0.25, -0.2) is 0 Å². The summed E-state index contributed by atoms with van der Waals surface area (Å²) in [7, 11) is 0. The van der Waals surface area contributed by atoms with Crippen LogP contribution >= 0.6 is 15.9 Å². The number of benzene rings is 1. The Morgan fingerprint density at radius 1 is 1.50 bits per heavy atom. The van der Waals surface area contributed by atoms with Crippen molar-refractivity contribution in [3.63, 3.8) is 0 Å². The van der Waals surface area contributed by atoms with E-state index in [1.807, 2.05) is 6.92 Å². The third kappa shape index (κ3) is 4.37. The smallest absolute Gasteiger partial charge is 0.303 e. The van der Waals surface area contributed by atoms with E-state index >= 15 is 0 Å². The van der Waals surface area contributed by atoms with E-state index in [9.17, 15) is 9.59 Å². The molecule has 1 amide bonds. The monoisotopic (exact) mass is 314 g/mol. The fourth-order valence-corrected chi connectivity index (χ4v) is 2.06. The van der Waals surface area contributed by atoms with Gasteiger partial charge < -0.3 is 16.2 Å². The minimum Gasteiger partial charge on any atom is -0.481 e. The molecule has 6 heteroatoms.